The molecule has 0 bridgehead atoms. The van der Waals surface area contributed by atoms with E-state index in [0.717, 1.165) is 36.5 Å². The van der Waals surface area contributed by atoms with Crippen molar-refractivity contribution >= 4 is 22.4 Å². The van der Waals surface area contributed by atoms with E-state index in [9.17, 15) is 4.79 Å². The summed E-state index contributed by atoms with van der Waals surface area (Å²) in [5.41, 5.74) is 6.46. The maximum atomic E-state index is 11.9. The first kappa shape index (κ1) is 9.45. The number of nitrogens with zero attached hydrogens (tertiary/aromatic N) is 2. The molecule has 2 N–H and O–H groups in total. The Morgan fingerprint density at radius 3 is 3.14 bits per heavy atom. The van der Waals surface area contributed by atoms with Crippen LogP contribution in [0.15, 0.2) is 0 Å². The summed E-state index contributed by atoms with van der Waals surface area (Å²) in [4.78, 5) is 18.6. The van der Waals surface area contributed by atoms with E-state index in [0.29, 0.717) is 5.13 Å². The fourth-order valence-corrected chi connectivity index (χ4v) is 2.52. The molecule has 2 rings (SSSR count). The Morgan fingerprint density at radius 2 is 2.43 bits per heavy atom. The number of thiazole rings is 1. The van der Waals surface area contributed by atoms with Gasteiger partial charge in [-0.2, -0.15) is 0 Å². The van der Waals surface area contributed by atoms with Crippen LogP contribution in [0.5, 0.6) is 0 Å². The minimum atomic E-state index is 0.0994. The molecule has 0 radical (unpaired) electrons. The monoisotopic (exact) mass is 211 g/mol. The number of hydrogen-bond acceptors (Lipinski definition) is 4. The van der Waals surface area contributed by atoms with Crippen molar-refractivity contribution < 1.29 is 4.79 Å². The lowest BCUT2D eigenvalue weighted by molar-refractivity contribution is 0.0744. The van der Waals surface area contributed by atoms with Crippen molar-refractivity contribution in [2.45, 2.75) is 19.8 Å². The van der Waals surface area contributed by atoms with Crippen LogP contribution in [-0.2, 0) is 6.42 Å². The molecule has 4 nitrogen and oxygen atoms in total. The first-order valence-electron chi connectivity index (χ1n) is 4.76. The van der Waals surface area contributed by atoms with Gasteiger partial charge in [-0.25, -0.2) is 4.98 Å². The Kier molecular flexibility index (Phi) is 2.41. The molecule has 1 amide bonds. The number of fused-ring (bicyclic) bond motifs is 1. The zero-order valence-corrected chi connectivity index (χ0v) is 8.93. The van der Waals surface area contributed by atoms with Crippen molar-refractivity contribution in [3.63, 3.8) is 0 Å². The molecule has 0 spiro atoms. The molecule has 76 valence electrons. The summed E-state index contributed by atoms with van der Waals surface area (Å²) >= 11 is 1.30. The SMILES string of the molecule is CCCN1CCc2nc(N)sc2C1=O. The van der Waals surface area contributed by atoms with E-state index < -0.39 is 0 Å². The van der Waals surface area contributed by atoms with Crippen LogP contribution in [0.4, 0.5) is 5.13 Å². The van der Waals surface area contributed by atoms with Crippen molar-refractivity contribution in [3.8, 4) is 0 Å². The van der Waals surface area contributed by atoms with Crippen LogP contribution in [0.3, 0.4) is 0 Å². The largest absolute Gasteiger partial charge is 0.375 e. The predicted octanol–water partition coefficient (Wildman–Crippen LogP) is 1.13. The molecular formula is C9H13N3OS. The number of nitrogens with two attached hydrogens (primary N) is 1. The molecule has 0 saturated carbocycles. The Labute approximate surface area is 86.7 Å². The number of amides is 1. The van der Waals surface area contributed by atoms with E-state index >= 15 is 0 Å². The number of hydrogen-bond donors (Lipinski definition) is 1. The Balaban J connectivity index is 2.26. The maximum absolute atomic E-state index is 11.9. The average molecular weight is 211 g/mol. The predicted molar refractivity (Wildman–Crippen MR) is 56.4 cm³/mol. The number of rotatable bonds is 2. The number of carbonyl (C=O) groups excluding carboxylic acids is 1. The zero-order chi connectivity index (χ0) is 10.1. The number of carbonyl (C=O) groups is 1. The van der Waals surface area contributed by atoms with Crippen LogP contribution < -0.4 is 5.73 Å². The molecule has 0 aromatic carbocycles. The third-order valence-electron chi connectivity index (χ3n) is 2.31. The highest BCUT2D eigenvalue weighted by Gasteiger charge is 2.26. The van der Waals surface area contributed by atoms with Gasteiger partial charge in [0.15, 0.2) is 5.13 Å². The van der Waals surface area contributed by atoms with Gasteiger partial charge in [0.1, 0.15) is 4.88 Å². The van der Waals surface area contributed by atoms with Crippen molar-refractivity contribution in [1.29, 1.82) is 0 Å². The second-order valence-corrected chi connectivity index (χ2v) is 4.40. The van der Waals surface area contributed by atoms with Gasteiger partial charge in [0.25, 0.3) is 5.91 Å². The number of aromatic nitrogens is 1. The van der Waals surface area contributed by atoms with E-state index in [2.05, 4.69) is 11.9 Å². The first-order chi connectivity index (χ1) is 6.72. The van der Waals surface area contributed by atoms with Crippen molar-refractivity contribution in [1.82, 2.24) is 9.88 Å². The normalized spacial score (nSPS) is 15.8. The molecule has 0 saturated heterocycles. The Bertz CT molecular complexity index is 361. The molecule has 2 heterocycles. The van der Waals surface area contributed by atoms with Gasteiger partial charge in [0.05, 0.1) is 5.69 Å². The highest BCUT2D eigenvalue weighted by Crippen LogP contribution is 2.26. The Morgan fingerprint density at radius 1 is 1.64 bits per heavy atom. The van der Waals surface area contributed by atoms with Crippen molar-refractivity contribution in [2.24, 2.45) is 0 Å². The summed E-state index contributed by atoms with van der Waals surface area (Å²) in [5, 5.41) is 0.502. The third-order valence-corrected chi connectivity index (χ3v) is 3.22. The van der Waals surface area contributed by atoms with Gasteiger partial charge in [-0.1, -0.05) is 18.3 Å². The van der Waals surface area contributed by atoms with Gasteiger partial charge in [-0.3, -0.25) is 4.79 Å². The van der Waals surface area contributed by atoms with Gasteiger partial charge in [-0.05, 0) is 6.42 Å². The number of nitrogen functional groups attached to an aromatic ring is 1. The lowest BCUT2D eigenvalue weighted by Gasteiger charge is -2.25. The van der Waals surface area contributed by atoms with Gasteiger partial charge >= 0.3 is 0 Å². The van der Waals surface area contributed by atoms with E-state index in [1.165, 1.54) is 11.3 Å². The maximum Gasteiger partial charge on any atom is 0.265 e. The quantitative estimate of drug-likeness (QED) is 0.797. The van der Waals surface area contributed by atoms with E-state index in [1.807, 2.05) is 4.90 Å². The molecule has 1 aromatic heterocycles. The third kappa shape index (κ3) is 1.48. The highest BCUT2D eigenvalue weighted by atomic mass is 32.1. The Hall–Kier alpha value is -1.10. The van der Waals surface area contributed by atoms with Crippen molar-refractivity contribution in [3.05, 3.63) is 10.6 Å². The van der Waals surface area contributed by atoms with Gasteiger partial charge in [0, 0.05) is 19.5 Å². The summed E-state index contributed by atoms with van der Waals surface area (Å²) in [6, 6.07) is 0. The van der Waals surface area contributed by atoms with Gasteiger partial charge in [-0.15, -0.1) is 0 Å². The minimum Gasteiger partial charge on any atom is -0.375 e. The van der Waals surface area contributed by atoms with Crippen LogP contribution in [0.25, 0.3) is 0 Å². The summed E-state index contributed by atoms with van der Waals surface area (Å²) in [7, 11) is 0. The van der Waals surface area contributed by atoms with E-state index in [1.54, 1.807) is 0 Å². The van der Waals surface area contributed by atoms with Gasteiger partial charge in [0.2, 0.25) is 0 Å². The highest BCUT2D eigenvalue weighted by molar-refractivity contribution is 7.17. The van der Waals surface area contributed by atoms with Crippen molar-refractivity contribution in [2.75, 3.05) is 18.8 Å². The zero-order valence-electron chi connectivity index (χ0n) is 8.12. The number of anilines is 1. The van der Waals surface area contributed by atoms with Crippen LogP contribution in [0, 0.1) is 0 Å². The molecule has 0 aliphatic carbocycles. The molecule has 1 aliphatic rings. The second kappa shape index (κ2) is 3.57. The fourth-order valence-electron chi connectivity index (χ4n) is 1.68. The first-order valence-corrected chi connectivity index (χ1v) is 5.58. The molecule has 1 aromatic rings. The summed E-state index contributed by atoms with van der Waals surface area (Å²) in [5.74, 6) is 0.0994. The standard InChI is InChI=1S/C9H13N3OS/c1-2-4-12-5-3-6-7(8(12)13)14-9(10)11-6/h2-5H2,1H3,(H2,10,11). The second-order valence-electron chi connectivity index (χ2n) is 3.37. The van der Waals surface area contributed by atoms with Crippen LogP contribution in [-0.4, -0.2) is 28.9 Å². The lowest BCUT2D eigenvalue weighted by atomic mass is 10.1. The topological polar surface area (TPSA) is 59.2 Å². The lowest BCUT2D eigenvalue weighted by Crippen LogP contribution is -2.37. The van der Waals surface area contributed by atoms with Crippen LogP contribution in [0.2, 0.25) is 0 Å². The van der Waals surface area contributed by atoms with Gasteiger partial charge < -0.3 is 10.6 Å². The molecular weight excluding hydrogens is 198 g/mol. The molecule has 0 atom stereocenters. The summed E-state index contributed by atoms with van der Waals surface area (Å²) in [6.45, 7) is 3.68. The van der Waals surface area contributed by atoms with Crippen LogP contribution in [0.1, 0.15) is 28.7 Å². The summed E-state index contributed by atoms with van der Waals surface area (Å²) in [6.07, 6.45) is 1.84. The smallest absolute Gasteiger partial charge is 0.265 e. The minimum absolute atomic E-state index is 0.0994. The summed E-state index contributed by atoms with van der Waals surface area (Å²) < 4.78 is 0. The molecule has 1 aliphatic heterocycles. The molecule has 0 fully saturated rings. The molecule has 5 heteroatoms. The molecule has 0 unspecified atom stereocenters. The van der Waals surface area contributed by atoms with E-state index in [4.69, 9.17) is 5.73 Å². The van der Waals surface area contributed by atoms with E-state index in [-0.39, 0.29) is 5.91 Å². The fraction of sp³-hybridized carbons (Fsp3) is 0.556. The average Bonchev–Trinajstić information content (AvgIpc) is 2.52. The van der Waals surface area contributed by atoms with Crippen LogP contribution >= 0.6 is 11.3 Å². The molecule has 14 heavy (non-hydrogen) atoms.